The van der Waals surface area contributed by atoms with Crippen molar-refractivity contribution in [1.82, 2.24) is 14.0 Å². The molecule has 0 aromatic heterocycles. The molecule has 5 heteroatoms. The standard InChI is InChI=1S/C18H35N4P/c1-7-20(8-2)23(21(9-3)10-4,22(11-5)12-6)19-18-16-14-13-15-17-18/h13-17H,7-12H2,1-6H3. The molecule has 0 aliphatic carbocycles. The highest BCUT2D eigenvalue weighted by molar-refractivity contribution is 7.59. The zero-order valence-corrected chi connectivity index (χ0v) is 16.8. The van der Waals surface area contributed by atoms with Gasteiger partial charge in [0.25, 0.3) is 0 Å². The Morgan fingerprint density at radius 2 is 1.00 bits per heavy atom. The molecule has 0 N–H and O–H groups in total. The molecule has 23 heavy (non-hydrogen) atoms. The number of nitrogens with zero attached hydrogens (tertiary/aromatic N) is 4. The van der Waals surface area contributed by atoms with E-state index in [4.69, 9.17) is 4.74 Å². The molecular weight excluding hydrogens is 303 g/mol. The zero-order valence-electron chi connectivity index (χ0n) is 15.9. The Morgan fingerprint density at radius 1 is 0.652 bits per heavy atom. The lowest BCUT2D eigenvalue weighted by atomic mass is 10.3. The van der Waals surface area contributed by atoms with Crippen molar-refractivity contribution in [2.75, 3.05) is 39.3 Å². The summed E-state index contributed by atoms with van der Waals surface area (Å²) in [5, 5.41) is 0. The number of benzene rings is 1. The van der Waals surface area contributed by atoms with Gasteiger partial charge in [0.2, 0.25) is 0 Å². The smallest absolute Gasteiger partial charge is 0.172 e. The lowest BCUT2D eigenvalue weighted by Crippen LogP contribution is -2.41. The fourth-order valence-electron chi connectivity index (χ4n) is 3.19. The van der Waals surface area contributed by atoms with Gasteiger partial charge in [-0.3, -0.25) is 0 Å². The molecule has 1 aromatic carbocycles. The molecule has 0 amide bonds. The highest BCUT2D eigenvalue weighted by Crippen LogP contribution is 2.60. The van der Waals surface area contributed by atoms with Crippen LogP contribution in [0.2, 0.25) is 0 Å². The molecule has 0 aliphatic rings. The second-order valence-electron chi connectivity index (χ2n) is 5.39. The van der Waals surface area contributed by atoms with Crippen molar-refractivity contribution in [3.05, 3.63) is 30.3 Å². The minimum absolute atomic E-state index is 1.02. The van der Waals surface area contributed by atoms with Gasteiger partial charge < -0.3 is 0 Å². The predicted molar refractivity (Wildman–Crippen MR) is 104 cm³/mol. The second-order valence-corrected chi connectivity index (χ2v) is 8.36. The van der Waals surface area contributed by atoms with Crippen LogP contribution in [-0.2, 0) is 0 Å². The van der Waals surface area contributed by atoms with Crippen LogP contribution in [0.15, 0.2) is 35.1 Å². The van der Waals surface area contributed by atoms with Gasteiger partial charge in [-0.2, -0.15) is 0 Å². The molecule has 0 spiro atoms. The summed E-state index contributed by atoms with van der Waals surface area (Å²) in [5.41, 5.74) is 1.09. The molecule has 4 nitrogen and oxygen atoms in total. The lowest BCUT2D eigenvalue weighted by Gasteiger charge is -2.48. The van der Waals surface area contributed by atoms with Gasteiger partial charge in [-0.1, -0.05) is 59.7 Å². The van der Waals surface area contributed by atoms with Crippen molar-refractivity contribution in [2.45, 2.75) is 41.5 Å². The molecular formula is C18H35N4P. The summed E-state index contributed by atoms with van der Waals surface area (Å²) in [6.07, 6.45) is 0. The molecule has 0 bridgehead atoms. The first-order valence-corrected chi connectivity index (χ1v) is 10.7. The van der Waals surface area contributed by atoms with E-state index in [0.29, 0.717) is 0 Å². The van der Waals surface area contributed by atoms with Crippen molar-refractivity contribution >= 4 is 13.2 Å². The van der Waals surface area contributed by atoms with Gasteiger partial charge in [0, 0.05) is 39.3 Å². The van der Waals surface area contributed by atoms with Gasteiger partial charge in [-0.25, -0.2) is 18.8 Å². The lowest BCUT2D eigenvalue weighted by molar-refractivity contribution is 0.340. The van der Waals surface area contributed by atoms with Gasteiger partial charge in [0.05, 0.1) is 5.69 Å². The maximum Gasteiger partial charge on any atom is 0.172 e. The third-order valence-corrected chi connectivity index (χ3v) is 8.81. The summed E-state index contributed by atoms with van der Waals surface area (Å²) in [7, 11) is -1.92. The number of hydrogen-bond acceptors (Lipinski definition) is 1. The van der Waals surface area contributed by atoms with Crippen molar-refractivity contribution in [1.29, 1.82) is 0 Å². The Labute approximate surface area is 143 Å². The minimum Gasteiger partial charge on any atom is -0.246 e. The molecule has 0 saturated heterocycles. The molecule has 1 rings (SSSR count). The minimum atomic E-state index is -1.92. The molecule has 0 heterocycles. The maximum absolute atomic E-state index is 5.40. The van der Waals surface area contributed by atoms with Crippen LogP contribution in [0.4, 0.5) is 5.69 Å². The van der Waals surface area contributed by atoms with Crippen molar-refractivity contribution in [2.24, 2.45) is 4.74 Å². The predicted octanol–water partition coefficient (Wildman–Crippen LogP) is 5.29. The molecule has 0 radical (unpaired) electrons. The van der Waals surface area contributed by atoms with E-state index >= 15 is 0 Å². The fourth-order valence-corrected chi connectivity index (χ4v) is 7.36. The van der Waals surface area contributed by atoms with Crippen LogP contribution < -0.4 is 0 Å². The Morgan fingerprint density at radius 3 is 1.30 bits per heavy atom. The summed E-state index contributed by atoms with van der Waals surface area (Å²) in [4.78, 5) is 0. The Kier molecular flexibility index (Phi) is 9.08. The van der Waals surface area contributed by atoms with E-state index < -0.39 is 7.51 Å². The van der Waals surface area contributed by atoms with Crippen molar-refractivity contribution in [3.8, 4) is 0 Å². The second kappa shape index (κ2) is 10.2. The Balaban J connectivity index is 3.67. The van der Waals surface area contributed by atoms with Crippen molar-refractivity contribution < 1.29 is 0 Å². The van der Waals surface area contributed by atoms with E-state index in [-0.39, 0.29) is 0 Å². The Bertz CT molecular complexity index is 439. The van der Waals surface area contributed by atoms with E-state index in [1.807, 2.05) is 0 Å². The SMILES string of the molecule is CCN(CC)P(=Nc1ccccc1)(N(CC)CC)N(CC)CC. The van der Waals surface area contributed by atoms with Gasteiger partial charge in [0.1, 0.15) is 0 Å². The van der Waals surface area contributed by atoms with Gasteiger partial charge in [-0.05, 0) is 12.1 Å². The summed E-state index contributed by atoms with van der Waals surface area (Å²) in [6, 6.07) is 10.5. The normalized spacial score (nSPS) is 12.4. The van der Waals surface area contributed by atoms with Crippen LogP contribution in [0.3, 0.4) is 0 Å². The van der Waals surface area contributed by atoms with Crippen LogP contribution in [0.25, 0.3) is 0 Å². The highest BCUT2D eigenvalue weighted by Gasteiger charge is 2.36. The average Bonchev–Trinajstić information content (AvgIpc) is 2.59. The quantitative estimate of drug-likeness (QED) is 0.541. The summed E-state index contributed by atoms with van der Waals surface area (Å²) < 4.78 is 13.2. The van der Waals surface area contributed by atoms with E-state index in [9.17, 15) is 0 Å². The van der Waals surface area contributed by atoms with Crippen LogP contribution in [0, 0.1) is 0 Å². The average molecular weight is 338 g/mol. The topological polar surface area (TPSA) is 22.1 Å². The monoisotopic (exact) mass is 338 g/mol. The summed E-state index contributed by atoms with van der Waals surface area (Å²) >= 11 is 0. The van der Waals surface area contributed by atoms with Crippen LogP contribution in [0.1, 0.15) is 41.5 Å². The maximum atomic E-state index is 5.40. The summed E-state index contributed by atoms with van der Waals surface area (Å²) in [6.45, 7) is 19.7. The van der Waals surface area contributed by atoms with Gasteiger partial charge in [0.15, 0.2) is 7.51 Å². The van der Waals surface area contributed by atoms with Gasteiger partial charge >= 0.3 is 0 Å². The molecule has 0 fully saturated rings. The Hall–Kier alpha value is -0.670. The van der Waals surface area contributed by atoms with Gasteiger partial charge in [-0.15, -0.1) is 0 Å². The third-order valence-electron chi connectivity index (χ3n) is 4.33. The molecule has 0 unspecified atom stereocenters. The third kappa shape index (κ3) is 4.45. The summed E-state index contributed by atoms with van der Waals surface area (Å²) in [5.74, 6) is 0. The van der Waals surface area contributed by atoms with E-state index in [1.54, 1.807) is 0 Å². The van der Waals surface area contributed by atoms with Crippen molar-refractivity contribution in [3.63, 3.8) is 0 Å². The highest BCUT2D eigenvalue weighted by atomic mass is 31.2. The van der Waals surface area contributed by atoms with E-state index in [2.05, 4.69) is 85.9 Å². The molecule has 132 valence electrons. The van der Waals surface area contributed by atoms with Crippen LogP contribution in [0.5, 0.6) is 0 Å². The van der Waals surface area contributed by atoms with Crippen LogP contribution >= 0.6 is 7.51 Å². The van der Waals surface area contributed by atoms with Crippen LogP contribution in [-0.4, -0.2) is 53.3 Å². The van der Waals surface area contributed by atoms with E-state index in [0.717, 1.165) is 45.0 Å². The molecule has 0 atom stereocenters. The first-order valence-electron chi connectivity index (χ1n) is 9.07. The largest absolute Gasteiger partial charge is 0.246 e. The molecule has 0 aliphatic heterocycles. The number of rotatable bonds is 10. The first-order chi connectivity index (χ1) is 11.1. The zero-order chi connectivity index (χ0) is 17.3. The molecule has 0 saturated carbocycles. The number of hydrogen-bond donors (Lipinski definition) is 0. The fraction of sp³-hybridized carbons (Fsp3) is 0.667. The van der Waals surface area contributed by atoms with E-state index in [1.165, 1.54) is 0 Å². The first kappa shape index (κ1) is 20.4. The molecule has 1 aromatic rings.